The third kappa shape index (κ3) is 8.88. The Balaban J connectivity index is 2.60. The molecular weight excluding hydrogens is 330 g/mol. The van der Waals surface area contributed by atoms with Crippen LogP contribution >= 0.6 is 0 Å². The first kappa shape index (κ1) is 22.0. The van der Waals surface area contributed by atoms with Crippen molar-refractivity contribution in [1.29, 1.82) is 0 Å². The van der Waals surface area contributed by atoms with E-state index in [0.717, 1.165) is 30.6 Å². The van der Waals surface area contributed by atoms with E-state index in [1.165, 1.54) is 6.42 Å². The van der Waals surface area contributed by atoms with Crippen LogP contribution in [0.3, 0.4) is 0 Å². The van der Waals surface area contributed by atoms with Gasteiger partial charge in [0.1, 0.15) is 5.75 Å². The number of hydrogen-bond acceptors (Lipinski definition) is 4. The number of hydrogen-bond donors (Lipinski definition) is 0. The van der Waals surface area contributed by atoms with Crippen LogP contribution in [0.1, 0.15) is 58.4 Å². The molecule has 0 fully saturated rings. The maximum atomic E-state index is 12.7. The maximum absolute atomic E-state index is 12.7. The van der Waals surface area contributed by atoms with E-state index in [2.05, 4.69) is 6.92 Å². The Morgan fingerprint density at radius 1 is 0.923 bits per heavy atom. The van der Waals surface area contributed by atoms with Crippen molar-refractivity contribution >= 4 is 11.9 Å². The molecule has 0 unspecified atom stereocenters. The van der Waals surface area contributed by atoms with Crippen molar-refractivity contribution in [3.63, 3.8) is 0 Å². The predicted molar refractivity (Wildman–Crippen MR) is 103 cm³/mol. The molecule has 0 aliphatic rings. The van der Waals surface area contributed by atoms with E-state index < -0.39 is 0 Å². The van der Waals surface area contributed by atoms with Gasteiger partial charge in [0, 0.05) is 13.1 Å². The molecule has 5 heteroatoms. The molecule has 0 radical (unpaired) electrons. The van der Waals surface area contributed by atoms with Crippen LogP contribution in [0.15, 0.2) is 24.3 Å². The van der Waals surface area contributed by atoms with Crippen LogP contribution in [0.4, 0.5) is 0 Å². The first-order chi connectivity index (χ1) is 12.6. The van der Waals surface area contributed by atoms with Gasteiger partial charge in [-0.25, -0.2) is 0 Å². The zero-order chi connectivity index (χ0) is 19.2. The lowest BCUT2D eigenvalue weighted by molar-refractivity contribution is -0.144. The summed E-state index contributed by atoms with van der Waals surface area (Å²) in [4.78, 5) is 26.1. The van der Waals surface area contributed by atoms with E-state index in [1.54, 1.807) is 11.8 Å². The van der Waals surface area contributed by atoms with Crippen LogP contribution in [0, 0.1) is 0 Å². The summed E-state index contributed by atoms with van der Waals surface area (Å²) in [5.41, 5.74) is 0.952. The highest BCUT2D eigenvalue weighted by molar-refractivity contribution is 5.79. The third-order valence-electron chi connectivity index (χ3n) is 4.12. The minimum Gasteiger partial charge on any atom is -0.494 e. The molecule has 0 saturated carbocycles. The first-order valence-electron chi connectivity index (χ1n) is 9.75. The van der Waals surface area contributed by atoms with Crippen molar-refractivity contribution < 1.29 is 19.1 Å². The van der Waals surface area contributed by atoms with Crippen molar-refractivity contribution in [3.8, 4) is 5.75 Å². The zero-order valence-corrected chi connectivity index (χ0v) is 16.5. The van der Waals surface area contributed by atoms with Gasteiger partial charge in [0.15, 0.2) is 0 Å². The van der Waals surface area contributed by atoms with E-state index in [1.807, 2.05) is 31.2 Å². The molecule has 0 aliphatic heterocycles. The van der Waals surface area contributed by atoms with Crippen molar-refractivity contribution in [2.45, 2.75) is 59.3 Å². The lowest BCUT2D eigenvalue weighted by Gasteiger charge is -2.22. The Labute approximate surface area is 157 Å². The van der Waals surface area contributed by atoms with E-state index in [0.29, 0.717) is 32.7 Å². The second kappa shape index (κ2) is 13.2. The van der Waals surface area contributed by atoms with Crippen LogP contribution in [0.25, 0.3) is 0 Å². The van der Waals surface area contributed by atoms with Gasteiger partial charge in [0.2, 0.25) is 5.91 Å². The molecule has 26 heavy (non-hydrogen) atoms. The standard InChI is InChI=1S/C21H33NO4/c1-4-7-8-9-15-22(16-14-21(24)26-6-3)20(23)17-18-10-12-19(13-11-18)25-5-2/h10-13H,4-9,14-17H2,1-3H3. The number of benzene rings is 1. The smallest absolute Gasteiger partial charge is 0.307 e. The Kier molecular flexibility index (Phi) is 11.2. The van der Waals surface area contributed by atoms with Gasteiger partial charge in [0.05, 0.1) is 26.1 Å². The topological polar surface area (TPSA) is 55.8 Å². The van der Waals surface area contributed by atoms with Gasteiger partial charge in [-0.2, -0.15) is 0 Å². The van der Waals surface area contributed by atoms with Crippen LogP contribution < -0.4 is 4.74 Å². The van der Waals surface area contributed by atoms with Crippen LogP contribution in [0.5, 0.6) is 5.75 Å². The fourth-order valence-electron chi connectivity index (χ4n) is 2.71. The Morgan fingerprint density at radius 2 is 1.65 bits per heavy atom. The van der Waals surface area contributed by atoms with Crippen molar-refractivity contribution in [2.75, 3.05) is 26.3 Å². The molecule has 0 atom stereocenters. The number of carbonyl (C=O) groups is 2. The van der Waals surface area contributed by atoms with E-state index in [-0.39, 0.29) is 18.3 Å². The minimum absolute atomic E-state index is 0.0509. The maximum Gasteiger partial charge on any atom is 0.307 e. The normalized spacial score (nSPS) is 10.4. The Bertz CT molecular complexity index is 527. The molecule has 1 amide bonds. The predicted octanol–water partition coefficient (Wildman–Crippen LogP) is 3.99. The second-order valence-corrected chi connectivity index (χ2v) is 6.25. The van der Waals surface area contributed by atoms with Gasteiger partial charge in [-0.15, -0.1) is 0 Å². The largest absolute Gasteiger partial charge is 0.494 e. The Hall–Kier alpha value is -2.04. The molecule has 0 saturated heterocycles. The van der Waals surface area contributed by atoms with Crippen LogP contribution in [0.2, 0.25) is 0 Å². The highest BCUT2D eigenvalue weighted by Crippen LogP contribution is 2.14. The fourth-order valence-corrected chi connectivity index (χ4v) is 2.71. The molecule has 1 rings (SSSR count). The summed E-state index contributed by atoms with van der Waals surface area (Å²) >= 11 is 0. The molecule has 0 N–H and O–H groups in total. The van der Waals surface area contributed by atoms with Gasteiger partial charge >= 0.3 is 5.97 Å². The van der Waals surface area contributed by atoms with Gasteiger partial charge in [0.25, 0.3) is 0 Å². The molecule has 0 spiro atoms. The number of carbonyl (C=O) groups excluding carboxylic acids is 2. The summed E-state index contributed by atoms with van der Waals surface area (Å²) < 4.78 is 10.4. The summed E-state index contributed by atoms with van der Waals surface area (Å²) in [7, 11) is 0. The molecule has 0 heterocycles. The van der Waals surface area contributed by atoms with Gasteiger partial charge in [-0.1, -0.05) is 38.3 Å². The van der Waals surface area contributed by atoms with Crippen LogP contribution in [-0.4, -0.2) is 43.1 Å². The average Bonchev–Trinajstić information content (AvgIpc) is 2.63. The molecule has 1 aromatic carbocycles. The number of amides is 1. The van der Waals surface area contributed by atoms with E-state index in [9.17, 15) is 9.59 Å². The van der Waals surface area contributed by atoms with E-state index >= 15 is 0 Å². The van der Waals surface area contributed by atoms with Gasteiger partial charge in [-0.05, 0) is 38.0 Å². The van der Waals surface area contributed by atoms with E-state index in [4.69, 9.17) is 9.47 Å². The third-order valence-corrected chi connectivity index (χ3v) is 4.12. The summed E-state index contributed by atoms with van der Waals surface area (Å²) in [5.74, 6) is 0.609. The number of ether oxygens (including phenoxy) is 2. The summed E-state index contributed by atoms with van der Waals surface area (Å²) in [6.45, 7) is 7.99. The molecule has 0 aliphatic carbocycles. The van der Waals surface area contributed by atoms with Crippen molar-refractivity contribution in [3.05, 3.63) is 29.8 Å². The molecule has 1 aromatic rings. The van der Waals surface area contributed by atoms with Gasteiger partial charge < -0.3 is 14.4 Å². The number of unbranched alkanes of at least 4 members (excludes halogenated alkanes) is 3. The Morgan fingerprint density at radius 3 is 2.27 bits per heavy atom. The molecule has 0 bridgehead atoms. The van der Waals surface area contributed by atoms with Gasteiger partial charge in [-0.3, -0.25) is 9.59 Å². The minimum atomic E-state index is -0.250. The highest BCUT2D eigenvalue weighted by atomic mass is 16.5. The zero-order valence-electron chi connectivity index (χ0n) is 16.5. The molecule has 0 aromatic heterocycles. The number of nitrogens with zero attached hydrogens (tertiary/aromatic N) is 1. The lowest BCUT2D eigenvalue weighted by atomic mass is 10.1. The summed E-state index contributed by atoms with van der Waals surface area (Å²) in [6, 6.07) is 7.61. The first-order valence-corrected chi connectivity index (χ1v) is 9.75. The van der Waals surface area contributed by atoms with Crippen molar-refractivity contribution in [2.24, 2.45) is 0 Å². The van der Waals surface area contributed by atoms with Crippen LogP contribution in [-0.2, 0) is 20.7 Å². The molecule has 5 nitrogen and oxygen atoms in total. The highest BCUT2D eigenvalue weighted by Gasteiger charge is 2.16. The fraction of sp³-hybridized carbons (Fsp3) is 0.619. The molecular formula is C21H33NO4. The summed E-state index contributed by atoms with van der Waals surface area (Å²) in [6.07, 6.45) is 4.97. The second-order valence-electron chi connectivity index (χ2n) is 6.25. The lowest BCUT2D eigenvalue weighted by Crippen LogP contribution is -2.35. The monoisotopic (exact) mass is 363 g/mol. The quantitative estimate of drug-likeness (QED) is 0.393. The average molecular weight is 363 g/mol. The van der Waals surface area contributed by atoms with Crippen molar-refractivity contribution in [1.82, 2.24) is 4.90 Å². The number of esters is 1. The number of rotatable bonds is 13. The molecule has 146 valence electrons. The SMILES string of the molecule is CCCCCCN(CCC(=O)OCC)C(=O)Cc1ccc(OCC)cc1. The summed E-state index contributed by atoms with van der Waals surface area (Å²) in [5, 5.41) is 0.